The first-order chi connectivity index (χ1) is 8.33. The van der Waals surface area contributed by atoms with Crippen LogP contribution in [-0.2, 0) is 0 Å². The van der Waals surface area contributed by atoms with Gasteiger partial charge in [-0.15, -0.1) is 0 Å². The lowest BCUT2D eigenvalue weighted by Gasteiger charge is -2.17. The van der Waals surface area contributed by atoms with Gasteiger partial charge in [-0.25, -0.2) is 0 Å². The van der Waals surface area contributed by atoms with Crippen molar-refractivity contribution >= 4 is 0 Å². The number of hydrogen-bond acceptors (Lipinski definition) is 1. The van der Waals surface area contributed by atoms with Crippen molar-refractivity contribution in [3.8, 4) is 0 Å². The van der Waals surface area contributed by atoms with Crippen LogP contribution in [0.1, 0.15) is 84.0 Å². The van der Waals surface area contributed by atoms with Gasteiger partial charge in [0.2, 0.25) is 0 Å². The summed E-state index contributed by atoms with van der Waals surface area (Å²) in [5.41, 5.74) is 7.58. The van der Waals surface area contributed by atoms with E-state index in [-0.39, 0.29) is 0 Å². The molecule has 0 saturated carbocycles. The summed E-state index contributed by atoms with van der Waals surface area (Å²) in [6.07, 6.45) is 18.8. The highest BCUT2D eigenvalue weighted by Crippen LogP contribution is 2.22. The Labute approximate surface area is 108 Å². The third kappa shape index (κ3) is 7.59. The number of hydrogen-bond donors (Lipinski definition) is 1. The molecule has 0 amide bonds. The highest BCUT2D eigenvalue weighted by Gasteiger charge is 2.08. The summed E-state index contributed by atoms with van der Waals surface area (Å²) in [4.78, 5) is 0. The Kier molecular flexibility index (Phi) is 8.42. The Morgan fingerprint density at radius 3 is 2.35 bits per heavy atom. The normalized spacial score (nSPS) is 20.4. The van der Waals surface area contributed by atoms with Gasteiger partial charge in [-0.3, -0.25) is 0 Å². The minimum absolute atomic E-state index is 0.354. The molecule has 0 radical (unpaired) electrons. The van der Waals surface area contributed by atoms with E-state index in [1.165, 1.54) is 77.0 Å². The third-order valence-corrected chi connectivity index (χ3v) is 3.84. The van der Waals surface area contributed by atoms with Crippen LogP contribution in [0.15, 0.2) is 11.6 Å². The molecule has 1 aliphatic carbocycles. The van der Waals surface area contributed by atoms with Crippen LogP contribution in [0.3, 0.4) is 0 Å². The van der Waals surface area contributed by atoms with Crippen molar-refractivity contribution < 1.29 is 0 Å². The SMILES string of the molecule is CCCCCCCCCCC1=CC(N)CCC1. The maximum Gasteiger partial charge on any atom is 0.0226 e. The Morgan fingerprint density at radius 1 is 1.06 bits per heavy atom. The van der Waals surface area contributed by atoms with Crippen LogP contribution in [0, 0.1) is 0 Å². The lowest BCUT2D eigenvalue weighted by atomic mass is 9.92. The Balaban J connectivity index is 1.90. The minimum atomic E-state index is 0.354. The lowest BCUT2D eigenvalue weighted by molar-refractivity contribution is 0.559. The molecule has 2 N–H and O–H groups in total. The fourth-order valence-corrected chi connectivity index (χ4v) is 2.73. The zero-order valence-electron chi connectivity index (χ0n) is 11.7. The predicted octanol–water partition coefficient (Wildman–Crippen LogP) is 4.95. The number of unbranched alkanes of at least 4 members (excludes halogenated alkanes) is 7. The van der Waals surface area contributed by atoms with Crippen molar-refractivity contribution in [1.29, 1.82) is 0 Å². The molecule has 100 valence electrons. The van der Waals surface area contributed by atoms with Gasteiger partial charge in [-0.2, -0.15) is 0 Å². The van der Waals surface area contributed by atoms with Gasteiger partial charge in [0, 0.05) is 6.04 Å². The molecule has 1 heteroatoms. The summed E-state index contributed by atoms with van der Waals surface area (Å²) < 4.78 is 0. The summed E-state index contributed by atoms with van der Waals surface area (Å²) in [5.74, 6) is 0. The van der Waals surface area contributed by atoms with Crippen molar-refractivity contribution in [2.45, 2.75) is 90.0 Å². The highest BCUT2D eigenvalue weighted by molar-refractivity contribution is 5.09. The largest absolute Gasteiger partial charge is 0.324 e. The molecular weight excluding hydrogens is 206 g/mol. The van der Waals surface area contributed by atoms with Crippen molar-refractivity contribution in [2.24, 2.45) is 5.73 Å². The van der Waals surface area contributed by atoms with Crippen molar-refractivity contribution in [1.82, 2.24) is 0 Å². The van der Waals surface area contributed by atoms with Gasteiger partial charge in [0.1, 0.15) is 0 Å². The zero-order valence-corrected chi connectivity index (χ0v) is 11.7. The quantitative estimate of drug-likeness (QED) is 0.445. The molecule has 1 unspecified atom stereocenters. The van der Waals surface area contributed by atoms with E-state index < -0.39 is 0 Å². The maximum absolute atomic E-state index is 5.95. The molecular formula is C16H31N. The van der Waals surface area contributed by atoms with Crippen LogP contribution < -0.4 is 5.73 Å². The van der Waals surface area contributed by atoms with Gasteiger partial charge in [-0.05, 0) is 32.1 Å². The van der Waals surface area contributed by atoms with Crippen LogP contribution in [0.2, 0.25) is 0 Å². The van der Waals surface area contributed by atoms with Crippen molar-refractivity contribution in [2.75, 3.05) is 0 Å². The van der Waals surface area contributed by atoms with Crippen molar-refractivity contribution in [3.05, 3.63) is 11.6 Å². The molecule has 0 saturated heterocycles. The van der Waals surface area contributed by atoms with Gasteiger partial charge in [0.15, 0.2) is 0 Å². The lowest BCUT2D eigenvalue weighted by Crippen LogP contribution is -2.20. The molecule has 0 aromatic carbocycles. The summed E-state index contributed by atoms with van der Waals surface area (Å²) >= 11 is 0. The molecule has 0 fully saturated rings. The van der Waals surface area contributed by atoms with E-state index in [9.17, 15) is 0 Å². The number of rotatable bonds is 9. The summed E-state index contributed by atoms with van der Waals surface area (Å²) in [6.45, 7) is 2.28. The Bertz CT molecular complexity index is 208. The fraction of sp³-hybridized carbons (Fsp3) is 0.875. The molecule has 0 spiro atoms. The molecule has 0 aromatic rings. The minimum Gasteiger partial charge on any atom is -0.324 e. The molecule has 0 aromatic heterocycles. The summed E-state index contributed by atoms with van der Waals surface area (Å²) in [5, 5.41) is 0. The van der Waals surface area contributed by atoms with Crippen LogP contribution in [0.25, 0.3) is 0 Å². The Morgan fingerprint density at radius 2 is 1.71 bits per heavy atom. The molecule has 1 nitrogen and oxygen atoms in total. The van der Waals surface area contributed by atoms with E-state index in [0.717, 1.165) is 0 Å². The smallest absolute Gasteiger partial charge is 0.0226 e. The molecule has 0 aliphatic heterocycles. The Hall–Kier alpha value is -0.300. The van der Waals surface area contributed by atoms with Gasteiger partial charge < -0.3 is 5.73 Å². The van der Waals surface area contributed by atoms with Gasteiger partial charge in [-0.1, -0.05) is 63.5 Å². The third-order valence-electron chi connectivity index (χ3n) is 3.84. The molecule has 0 heterocycles. The fourth-order valence-electron chi connectivity index (χ4n) is 2.73. The molecule has 17 heavy (non-hydrogen) atoms. The second-order valence-corrected chi connectivity index (χ2v) is 5.61. The van der Waals surface area contributed by atoms with E-state index in [4.69, 9.17) is 5.73 Å². The number of nitrogens with two attached hydrogens (primary N) is 1. The average Bonchev–Trinajstić information content (AvgIpc) is 2.33. The topological polar surface area (TPSA) is 26.0 Å². The van der Waals surface area contributed by atoms with Crippen LogP contribution in [-0.4, -0.2) is 6.04 Å². The first-order valence-electron chi connectivity index (χ1n) is 7.78. The first-order valence-corrected chi connectivity index (χ1v) is 7.78. The summed E-state index contributed by atoms with van der Waals surface area (Å²) in [6, 6.07) is 0.354. The van der Waals surface area contributed by atoms with E-state index >= 15 is 0 Å². The van der Waals surface area contributed by atoms with Crippen LogP contribution in [0.4, 0.5) is 0 Å². The second kappa shape index (κ2) is 9.70. The van der Waals surface area contributed by atoms with E-state index in [1.54, 1.807) is 5.57 Å². The van der Waals surface area contributed by atoms with Gasteiger partial charge in [0.05, 0.1) is 0 Å². The average molecular weight is 237 g/mol. The van der Waals surface area contributed by atoms with E-state index in [2.05, 4.69) is 13.0 Å². The van der Waals surface area contributed by atoms with Gasteiger partial charge in [0.25, 0.3) is 0 Å². The summed E-state index contributed by atoms with van der Waals surface area (Å²) in [7, 11) is 0. The molecule has 0 bridgehead atoms. The number of allylic oxidation sites excluding steroid dienone is 1. The second-order valence-electron chi connectivity index (χ2n) is 5.61. The first kappa shape index (κ1) is 14.8. The van der Waals surface area contributed by atoms with Gasteiger partial charge >= 0.3 is 0 Å². The maximum atomic E-state index is 5.95. The zero-order chi connectivity index (χ0) is 12.3. The van der Waals surface area contributed by atoms with E-state index in [1.807, 2.05) is 0 Å². The van der Waals surface area contributed by atoms with Crippen molar-refractivity contribution in [3.63, 3.8) is 0 Å². The molecule has 1 atom stereocenters. The van der Waals surface area contributed by atoms with Crippen LogP contribution >= 0.6 is 0 Å². The monoisotopic (exact) mass is 237 g/mol. The molecule has 1 rings (SSSR count). The van der Waals surface area contributed by atoms with Crippen LogP contribution in [0.5, 0.6) is 0 Å². The standard InChI is InChI=1S/C16H31N/c1-2-3-4-5-6-7-8-9-11-15-12-10-13-16(17)14-15/h14,16H,2-13,17H2,1H3. The van der Waals surface area contributed by atoms with E-state index in [0.29, 0.717) is 6.04 Å². The molecule has 1 aliphatic rings. The highest BCUT2D eigenvalue weighted by atomic mass is 14.6. The predicted molar refractivity (Wildman–Crippen MR) is 77.1 cm³/mol.